The third-order valence-corrected chi connectivity index (χ3v) is 10.7. The van der Waals surface area contributed by atoms with E-state index in [1.807, 2.05) is 20.8 Å². The summed E-state index contributed by atoms with van der Waals surface area (Å²) in [5, 5.41) is 10.9. The number of aliphatic hydroxyl groups excluding tert-OH is 1. The van der Waals surface area contributed by atoms with Crippen molar-refractivity contribution in [3.05, 3.63) is 23.8 Å². The number of hydrogen-bond acceptors (Lipinski definition) is 9. The smallest absolute Gasteiger partial charge is 0.306 e. The van der Waals surface area contributed by atoms with Gasteiger partial charge >= 0.3 is 5.97 Å². The van der Waals surface area contributed by atoms with Crippen LogP contribution < -0.4 is 0 Å². The van der Waals surface area contributed by atoms with Crippen LogP contribution in [0.1, 0.15) is 65.7 Å². The van der Waals surface area contributed by atoms with E-state index >= 15 is 0 Å². The van der Waals surface area contributed by atoms with Gasteiger partial charge in [0.25, 0.3) is 0 Å². The van der Waals surface area contributed by atoms with E-state index in [4.69, 9.17) is 28.4 Å². The first-order valence-electron chi connectivity index (χ1n) is 15.9. The lowest BCUT2D eigenvalue weighted by atomic mass is 9.70. The van der Waals surface area contributed by atoms with E-state index in [-0.39, 0.29) is 72.4 Å². The van der Waals surface area contributed by atoms with E-state index in [0.29, 0.717) is 24.3 Å². The Kier molecular flexibility index (Phi) is 10.3. The number of allylic oxidation sites excluding steroid dienone is 4. The number of methoxy groups -OCH3 is 3. The van der Waals surface area contributed by atoms with Crippen LogP contribution in [0, 0.1) is 35.5 Å². The van der Waals surface area contributed by atoms with Crippen molar-refractivity contribution in [1.29, 1.82) is 0 Å². The molecule has 1 N–H and O–H groups in total. The van der Waals surface area contributed by atoms with Crippen LogP contribution in [-0.4, -0.2) is 87.2 Å². The van der Waals surface area contributed by atoms with Gasteiger partial charge in [-0.2, -0.15) is 0 Å². The average molecular weight is 591 g/mol. The van der Waals surface area contributed by atoms with Crippen LogP contribution >= 0.6 is 0 Å². The predicted octanol–water partition coefficient (Wildman–Crippen LogP) is 4.01. The molecule has 9 heteroatoms. The molecule has 0 aromatic carbocycles. The van der Waals surface area contributed by atoms with Gasteiger partial charge in [-0.1, -0.05) is 32.1 Å². The molecule has 2 aliphatic heterocycles. The first kappa shape index (κ1) is 31.8. The highest BCUT2D eigenvalue weighted by Crippen LogP contribution is 2.54. The number of ketones is 1. The summed E-state index contributed by atoms with van der Waals surface area (Å²) in [4.78, 5) is 26.9. The molecule has 5 aliphatic rings. The number of cyclic esters (lactones) is 1. The summed E-state index contributed by atoms with van der Waals surface area (Å²) in [5.41, 5.74) is 0.689. The predicted molar refractivity (Wildman–Crippen MR) is 154 cm³/mol. The third kappa shape index (κ3) is 6.15. The number of carbonyl (C=O) groups excluding carboxylic acids is 2. The molecule has 42 heavy (non-hydrogen) atoms. The summed E-state index contributed by atoms with van der Waals surface area (Å²) < 4.78 is 35.9. The van der Waals surface area contributed by atoms with E-state index < -0.39 is 24.4 Å². The zero-order valence-corrected chi connectivity index (χ0v) is 26.0. The molecule has 3 aliphatic carbocycles. The fourth-order valence-electron chi connectivity index (χ4n) is 8.31. The molecule has 2 heterocycles. The van der Waals surface area contributed by atoms with Gasteiger partial charge in [-0.25, -0.2) is 0 Å². The van der Waals surface area contributed by atoms with E-state index in [9.17, 15) is 14.7 Å². The first-order chi connectivity index (χ1) is 20.2. The Hall–Kier alpha value is -1.62. The van der Waals surface area contributed by atoms with E-state index in [1.54, 1.807) is 21.3 Å². The van der Waals surface area contributed by atoms with Crippen LogP contribution in [0.3, 0.4) is 0 Å². The van der Waals surface area contributed by atoms with Crippen LogP contribution in [0.15, 0.2) is 23.8 Å². The summed E-state index contributed by atoms with van der Waals surface area (Å²) in [6.07, 6.45) is 8.39. The highest BCUT2D eigenvalue weighted by molar-refractivity contribution is 5.99. The van der Waals surface area contributed by atoms with Crippen molar-refractivity contribution >= 4 is 11.8 Å². The standard InChI is InChI=1S/C33H50O9/c1-7-20-9-8-10-27(34)17(2)29(36)26-15-24-22(25(26)16-28(35)41-20)12-11-19-13-21(14-23(19)24)42-33-32(39-6)31(38-5)30(37-4)18(3)40-33/h11-12,15,17-25,27,30-34H,7-10,13-14,16H2,1-6H3. The van der Waals surface area contributed by atoms with Gasteiger partial charge in [0.2, 0.25) is 0 Å². The zero-order chi connectivity index (χ0) is 30.1. The van der Waals surface area contributed by atoms with Gasteiger partial charge in [0.05, 0.1) is 24.7 Å². The van der Waals surface area contributed by atoms with Crippen molar-refractivity contribution in [2.75, 3.05) is 21.3 Å². The zero-order valence-electron chi connectivity index (χ0n) is 26.0. The van der Waals surface area contributed by atoms with Crippen LogP contribution in [0.25, 0.3) is 0 Å². The number of aliphatic hydroxyl groups is 1. The molecule has 0 radical (unpaired) electrons. The molecule has 14 unspecified atom stereocenters. The molecule has 0 bridgehead atoms. The van der Waals surface area contributed by atoms with Gasteiger partial charge in [-0.3, -0.25) is 9.59 Å². The minimum absolute atomic E-state index is 0.0381. The van der Waals surface area contributed by atoms with Crippen molar-refractivity contribution in [2.24, 2.45) is 35.5 Å². The molecule has 0 aromatic heterocycles. The lowest BCUT2D eigenvalue weighted by Crippen LogP contribution is -2.59. The Bertz CT molecular complexity index is 1020. The Morgan fingerprint density at radius 2 is 1.69 bits per heavy atom. The van der Waals surface area contributed by atoms with Gasteiger partial charge in [-0.15, -0.1) is 0 Å². The minimum atomic E-state index is -0.706. The Morgan fingerprint density at radius 1 is 0.952 bits per heavy atom. The number of ether oxygens (including phenoxy) is 6. The topological polar surface area (TPSA) is 110 Å². The van der Waals surface area contributed by atoms with Gasteiger partial charge in [0.1, 0.15) is 24.4 Å². The normalized spacial score (nSPS) is 46.1. The summed E-state index contributed by atoms with van der Waals surface area (Å²) in [7, 11) is 4.93. The van der Waals surface area contributed by atoms with Gasteiger partial charge in [0, 0.05) is 33.2 Å². The number of fused-ring (bicyclic) bond motifs is 5. The van der Waals surface area contributed by atoms with Crippen molar-refractivity contribution in [1.82, 2.24) is 0 Å². The van der Waals surface area contributed by atoms with E-state index in [2.05, 4.69) is 18.2 Å². The highest BCUT2D eigenvalue weighted by atomic mass is 16.7. The Morgan fingerprint density at radius 3 is 2.38 bits per heavy atom. The summed E-state index contributed by atoms with van der Waals surface area (Å²) in [6.45, 7) is 5.80. The van der Waals surface area contributed by atoms with E-state index in [1.165, 1.54) is 0 Å². The third-order valence-electron chi connectivity index (χ3n) is 10.7. The van der Waals surface area contributed by atoms with Gasteiger partial charge in [-0.05, 0) is 74.7 Å². The number of hydrogen-bond donors (Lipinski definition) is 1. The fraction of sp³-hybridized carbons (Fsp3) is 0.818. The number of Topliss-reactive ketones (excluding diaryl/α,β-unsaturated/α-hetero) is 1. The van der Waals surface area contributed by atoms with Crippen LogP contribution in [-0.2, 0) is 38.0 Å². The molecule has 9 nitrogen and oxygen atoms in total. The second-order valence-corrected chi connectivity index (χ2v) is 13.0. The number of carbonyl (C=O) groups is 2. The SMILES string of the molecule is CCC1CCCC(O)C(C)C(=O)C2=CC3C(C=CC4CC(OC5OC(C)C(OC)C(OC)C5OC)CC43)C2CC(=O)O1. The second-order valence-electron chi connectivity index (χ2n) is 13.0. The Balaban J connectivity index is 1.34. The summed E-state index contributed by atoms with van der Waals surface area (Å²) >= 11 is 0. The largest absolute Gasteiger partial charge is 0.462 e. The van der Waals surface area contributed by atoms with Crippen molar-refractivity contribution < 1.29 is 43.1 Å². The fourth-order valence-corrected chi connectivity index (χ4v) is 8.31. The van der Waals surface area contributed by atoms with Gasteiger partial charge < -0.3 is 33.5 Å². The highest BCUT2D eigenvalue weighted by Gasteiger charge is 2.52. The van der Waals surface area contributed by atoms with Crippen molar-refractivity contribution in [3.8, 4) is 0 Å². The quantitative estimate of drug-likeness (QED) is 0.363. The Labute approximate surface area is 250 Å². The average Bonchev–Trinajstić information content (AvgIpc) is 3.55. The molecular weight excluding hydrogens is 540 g/mol. The molecule has 14 atom stereocenters. The van der Waals surface area contributed by atoms with Crippen LogP contribution in [0.4, 0.5) is 0 Å². The molecule has 0 aromatic rings. The van der Waals surface area contributed by atoms with Crippen LogP contribution in [0.5, 0.6) is 0 Å². The minimum Gasteiger partial charge on any atom is -0.462 e. The van der Waals surface area contributed by atoms with E-state index in [0.717, 1.165) is 25.7 Å². The lowest BCUT2D eigenvalue weighted by Gasteiger charge is -2.44. The molecule has 0 spiro atoms. The van der Waals surface area contributed by atoms with Crippen molar-refractivity contribution in [3.63, 3.8) is 0 Å². The molecule has 1 saturated carbocycles. The maximum Gasteiger partial charge on any atom is 0.306 e. The molecule has 0 amide bonds. The second kappa shape index (κ2) is 13.6. The lowest BCUT2D eigenvalue weighted by molar-refractivity contribution is -0.314. The number of esters is 1. The first-order valence-corrected chi connectivity index (χ1v) is 15.9. The maximum absolute atomic E-state index is 13.8. The molecule has 236 valence electrons. The molecule has 3 fully saturated rings. The summed E-state index contributed by atoms with van der Waals surface area (Å²) in [6, 6.07) is 0. The molecule has 5 rings (SSSR count). The number of rotatable bonds is 6. The summed E-state index contributed by atoms with van der Waals surface area (Å²) in [5.74, 6) is -0.278. The van der Waals surface area contributed by atoms with Crippen molar-refractivity contribution in [2.45, 2.75) is 115 Å². The maximum atomic E-state index is 13.8. The molecular formula is C33H50O9. The van der Waals surface area contributed by atoms with Gasteiger partial charge in [0.15, 0.2) is 12.1 Å². The molecule has 2 saturated heterocycles. The van der Waals surface area contributed by atoms with Crippen LogP contribution in [0.2, 0.25) is 0 Å². The monoisotopic (exact) mass is 590 g/mol.